The lowest BCUT2D eigenvalue weighted by Gasteiger charge is -2.31. The van der Waals surface area contributed by atoms with Gasteiger partial charge in [0.1, 0.15) is 0 Å². The van der Waals surface area contributed by atoms with Gasteiger partial charge in [0.2, 0.25) is 0 Å². The number of hydrogen-bond donors (Lipinski definition) is 0. The van der Waals surface area contributed by atoms with Gasteiger partial charge in [0.05, 0.1) is 22.3 Å². The van der Waals surface area contributed by atoms with E-state index in [1.165, 1.54) is 12.1 Å². The van der Waals surface area contributed by atoms with E-state index in [9.17, 15) is 19.7 Å². The van der Waals surface area contributed by atoms with Crippen molar-refractivity contribution < 1.29 is 19.2 Å². The maximum Gasteiger partial charge on any atom is 0.324 e. The predicted molar refractivity (Wildman–Crippen MR) is 76.2 cm³/mol. The van der Waals surface area contributed by atoms with Gasteiger partial charge in [-0.05, 0) is 25.8 Å². The number of amides is 1. The maximum atomic E-state index is 12.3. The highest BCUT2D eigenvalue weighted by molar-refractivity contribution is 7.17. The number of nitrogens with zero attached hydrogens (tertiary/aromatic N) is 2. The molecular formula is C13H16N2O5S. The molecule has 0 aromatic carbocycles. The van der Waals surface area contributed by atoms with Gasteiger partial charge in [-0.3, -0.25) is 19.7 Å². The van der Waals surface area contributed by atoms with Crippen LogP contribution >= 0.6 is 11.3 Å². The van der Waals surface area contributed by atoms with Gasteiger partial charge in [0, 0.05) is 19.2 Å². The van der Waals surface area contributed by atoms with Crippen LogP contribution in [0.2, 0.25) is 0 Å². The molecule has 1 fully saturated rings. The van der Waals surface area contributed by atoms with E-state index < -0.39 is 4.92 Å². The molecule has 1 aromatic heterocycles. The molecular weight excluding hydrogens is 296 g/mol. The summed E-state index contributed by atoms with van der Waals surface area (Å²) in [7, 11) is 0. The van der Waals surface area contributed by atoms with Crippen molar-refractivity contribution in [2.24, 2.45) is 5.92 Å². The number of esters is 1. The summed E-state index contributed by atoms with van der Waals surface area (Å²) in [6, 6.07) is 2.78. The molecule has 1 aliphatic heterocycles. The molecule has 0 radical (unpaired) electrons. The Morgan fingerprint density at radius 3 is 2.90 bits per heavy atom. The summed E-state index contributed by atoms with van der Waals surface area (Å²) in [5, 5.41) is 10.6. The molecule has 7 nitrogen and oxygen atoms in total. The van der Waals surface area contributed by atoms with Gasteiger partial charge < -0.3 is 9.64 Å². The second kappa shape index (κ2) is 6.66. The molecule has 1 aliphatic rings. The highest BCUT2D eigenvalue weighted by atomic mass is 32.1. The van der Waals surface area contributed by atoms with Crippen LogP contribution in [0.5, 0.6) is 0 Å². The number of rotatable bonds is 4. The van der Waals surface area contributed by atoms with Gasteiger partial charge >= 0.3 is 11.0 Å². The summed E-state index contributed by atoms with van der Waals surface area (Å²) in [5.41, 5.74) is 0. The molecule has 2 heterocycles. The zero-order chi connectivity index (χ0) is 15.4. The first kappa shape index (κ1) is 15.4. The summed E-state index contributed by atoms with van der Waals surface area (Å²) in [6.45, 7) is 2.93. The van der Waals surface area contributed by atoms with E-state index in [0.29, 0.717) is 31.0 Å². The molecule has 114 valence electrons. The largest absolute Gasteiger partial charge is 0.466 e. The van der Waals surface area contributed by atoms with Gasteiger partial charge in [-0.15, -0.1) is 0 Å². The molecule has 8 heteroatoms. The SMILES string of the molecule is CCOC(=O)C1CCCN(C(=O)c2ccc([N+](=O)[O-])s2)C1. The Kier molecular flexibility index (Phi) is 4.89. The number of ether oxygens (including phenoxy) is 1. The van der Waals surface area contributed by atoms with Crippen molar-refractivity contribution in [3.63, 3.8) is 0 Å². The van der Waals surface area contributed by atoms with E-state index in [1.807, 2.05) is 0 Å². The fourth-order valence-electron chi connectivity index (χ4n) is 2.31. The van der Waals surface area contributed by atoms with Gasteiger partial charge in [0.15, 0.2) is 0 Å². The van der Waals surface area contributed by atoms with Gasteiger partial charge in [0.25, 0.3) is 5.91 Å². The molecule has 0 N–H and O–H groups in total. The van der Waals surface area contributed by atoms with Crippen LogP contribution in [0.1, 0.15) is 29.4 Å². The zero-order valence-corrected chi connectivity index (χ0v) is 12.4. The monoisotopic (exact) mass is 312 g/mol. The van der Waals surface area contributed by atoms with Crippen LogP contribution in [0.3, 0.4) is 0 Å². The minimum absolute atomic E-state index is 0.0581. The van der Waals surface area contributed by atoms with Crippen LogP contribution in [0.15, 0.2) is 12.1 Å². The molecule has 0 spiro atoms. The summed E-state index contributed by atoms with van der Waals surface area (Å²) < 4.78 is 4.99. The maximum absolute atomic E-state index is 12.3. The van der Waals surface area contributed by atoms with Gasteiger partial charge in [-0.2, -0.15) is 0 Å². The summed E-state index contributed by atoms with van der Waals surface area (Å²) in [5.74, 6) is -0.855. The number of thiophene rings is 1. The molecule has 1 aromatic rings. The van der Waals surface area contributed by atoms with Crippen molar-refractivity contribution in [1.82, 2.24) is 4.90 Å². The lowest BCUT2D eigenvalue weighted by molar-refractivity contribution is -0.380. The first-order valence-corrected chi connectivity index (χ1v) is 7.54. The molecule has 0 aliphatic carbocycles. The van der Waals surface area contributed by atoms with Crippen LogP contribution in [-0.4, -0.2) is 41.4 Å². The van der Waals surface area contributed by atoms with Crippen LogP contribution in [0.25, 0.3) is 0 Å². The van der Waals surface area contributed by atoms with Crippen molar-refractivity contribution in [2.45, 2.75) is 19.8 Å². The lowest BCUT2D eigenvalue weighted by atomic mass is 9.98. The smallest absolute Gasteiger partial charge is 0.324 e. The van der Waals surface area contributed by atoms with Crippen molar-refractivity contribution in [1.29, 1.82) is 0 Å². The zero-order valence-electron chi connectivity index (χ0n) is 11.6. The third-order valence-corrected chi connectivity index (χ3v) is 4.34. The van der Waals surface area contributed by atoms with Crippen LogP contribution in [0, 0.1) is 16.0 Å². The van der Waals surface area contributed by atoms with Crippen molar-refractivity contribution in [3.8, 4) is 0 Å². The second-order valence-corrected chi connectivity index (χ2v) is 5.80. The molecule has 21 heavy (non-hydrogen) atoms. The summed E-state index contributed by atoms with van der Waals surface area (Å²) >= 11 is 0.856. The number of carbonyl (C=O) groups excluding carboxylic acids is 2. The normalized spacial score (nSPS) is 18.3. The average molecular weight is 312 g/mol. The molecule has 1 amide bonds. The third kappa shape index (κ3) is 3.57. The third-order valence-electron chi connectivity index (χ3n) is 3.31. The number of likely N-dealkylation sites (tertiary alicyclic amines) is 1. The number of nitro groups is 1. The Morgan fingerprint density at radius 1 is 1.52 bits per heavy atom. The number of carbonyl (C=O) groups is 2. The Labute approximate surface area is 125 Å². The highest BCUT2D eigenvalue weighted by Gasteiger charge is 2.30. The predicted octanol–water partition coefficient (Wildman–Crippen LogP) is 2.07. The minimum Gasteiger partial charge on any atom is -0.466 e. The standard InChI is InChI=1S/C13H16N2O5S/c1-2-20-13(17)9-4-3-7-14(8-9)12(16)10-5-6-11(21-10)15(18)19/h5-6,9H,2-4,7-8H2,1H3. The number of hydrogen-bond acceptors (Lipinski definition) is 6. The minimum atomic E-state index is -0.515. The fourth-order valence-corrected chi connectivity index (χ4v) is 3.10. The van der Waals surface area contributed by atoms with Gasteiger partial charge in [-0.25, -0.2) is 0 Å². The fraction of sp³-hybridized carbons (Fsp3) is 0.538. The quantitative estimate of drug-likeness (QED) is 0.482. The molecule has 2 rings (SSSR count). The van der Waals surface area contributed by atoms with Crippen molar-refractivity contribution >= 4 is 28.2 Å². The average Bonchev–Trinajstić information content (AvgIpc) is 2.97. The van der Waals surface area contributed by atoms with E-state index in [-0.39, 0.29) is 22.8 Å². The van der Waals surface area contributed by atoms with Crippen LogP contribution in [-0.2, 0) is 9.53 Å². The van der Waals surface area contributed by atoms with Crippen LogP contribution < -0.4 is 0 Å². The number of piperidine rings is 1. The van der Waals surface area contributed by atoms with E-state index in [2.05, 4.69) is 0 Å². The molecule has 1 atom stereocenters. The summed E-state index contributed by atoms with van der Waals surface area (Å²) in [6.07, 6.45) is 1.43. The molecule has 1 saturated heterocycles. The molecule has 0 bridgehead atoms. The first-order valence-electron chi connectivity index (χ1n) is 6.73. The van der Waals surface area contributed by atoms with E-state index in [0.717, 1.165) is 17.8 Å². The molecule has 0 saturated carbocycles. The second-order valence-electron chi connectivity index (χ2n) is 4.74. The Balaban J connectivity index is 2.04. The Morgan fingerprint density at radius 2 is 2.29 bits per heavy atom. The van der Waals surface area contributed by atoms with E-state index >= 15 is 0 Å². The van der Waals surface area contributed by atoms with Crippen molar-refractivity contribution in [3.05, 3.63) is 27.1 Å². The lowest BCUT2D eigenvalue weighted by Crippen LogP contribution is -2.42. The van der Waals surface area contributed by atoms with Crippen LogP contribution in [0.4, 0.5) is 5.00 Å². The first-order chi connectivity index (χ1) is 10.0. The Bertz CT molecular complexity index is 557. The van der Waals surface area contributed by atoms with E-state index in [4.69, 9.17) is 4.74 Å². The highest BCUT2D eigenvalue weighted by Crippen LogP contribution is 2.27. The topological polar surface area (TPSA) is 89.8 Å². The van der Waals surface area contributed by atoms with E-state index in [1.54, 1.807) is 11.8 Å². The van der Waals surface area contributed by atoms with Gasteiger partial charge in [-0.1, -0.05) is 11.3 Å². The molecule has 1 unspecified atom stereocenters. The van der Waals surface area contributed by atoms with Crippen molar-refractivity contribution in [2.75, 3.05) is 19.7 Å². The summed E-state index contributed by atoms with van der Waals surface area (Å²) in [4.78, 5) is 36.1. The Hall–Kier alpha value is -1.96.